The molecule has 2 unspecified atom stereocenters. The number of ether oxygens (including phenoxy) is 1. The third kappa shape index (κ3) is 4.52. The molecule has 20 heavy (non-hydrogen) atoms. The van der Waals surface area contributed by atoms with Gasteiger partial charge in [0.05, 0.1) is 25.4 Å². The molecule has 1 saturated heterocycles. The zero-order chi connectivity index (χ0) is 14.5. The lowest BCUT2D eigenvalue weighted by Gasteiger charge is -2.35. The highest BCUT2D eigenvalue weighted by atomic mass is 79.9. The van der Waals surface area contributed by atoms with E-state index in [-0.39, 0.29) is 31.3 Å². The van der Waals surface area contributed by atoms with Crippen molar-refractivity contribution in [1.82, 2.24) is 9.88 Å². The Morgan fingerprint density at radius 1 is 1.60 bits per heavy atom. The van der Waals surface area contributed by atoms with Crippen molar-refractivity contribution < 1.29 is 14.6 Å². The molecule has 7 heteroatoms. The number of nitrogens with one attached hydrogen (secondary N) is 1. The van der Waals surface area contributed by atoms with E-state index in [9.17, 15) is 4.79 Å². The van der Waals surface area contributed by atoms with Crippen LogP contribution in [0.5, 0.6) is 0 Å². The summed E-state index contributed by atoms with van der Waals surface area (Å²) < 4.78 is 6.40. The number of aliphatic hydroxyl groups is 1. The van der Waals surface area contributed by atoms with E-state index < -0.39 is 0 Å². The van der Waals surface area contributed by atoms with E-state index in [4.69, 9.17) is 9.84 Å². The molecule has 0 spiro atoms. The van der Waals surface area contributed by atoms with Crippen LogP contribution in [0.4, 0.5) is 5.82 Å². The van der Waals surface area contributed by atoms with Gasteiger partial charge in [0.2, 0.25) is 5.91 Å². The molecular formula is C13H18BrN3O3. The molecule has 1 aromatic heterocycles. The molecule has 0 bridgehead atoms. The van der Waals surface area contributed by atoms with E-state index in [0.29, 0.717) is 18.9 Å². The van der Waals surface area contributed by atoms with Gasteiger partial charge in [-0.1, -0.05) is 0 Å². The first kappa shape index (κ1) is 15.4. The van der Waals surface area contributed by atoms with Gasteiger partial charge < -0.3 is 15.2 Å². The van der Waals surface area contributed by atoms with Crippen molar-refractivity contribution in [1.29, 1.82) is 0 Å². The molecule has 1 aliphatic rings. The topological polar surface area (TPSA) is 74.7 Å². The van der Waals surface area contributed by atoms with Crippen LogP contribution in [0.1, 0.15) is 6.92 Å². The first-order valence-electron chi connectivity index (χ1n) is 6.47. The van der Waals surface area contributed by atoms with Crippen molar-refractivity contribution in [3.05, 3.63) is 22.8 Å². The minimum Gasteiger partial charge on any atom is -0.394 e. The number of amides is 1. The highest BCUT2D eigenvalue weighted by Gasteiger charge is 2.25. The Balaban J connectivity index is 1.86. The van der Waals surface area contributed by atoms with E-state index in [1.54, 1.807) is 12.3 Å². The molecule has 0 saturated carbocycles. The van der Waals surface area contributed by atoms with Crippen LogP contribution in [-0.2, 0) is 9.53 Å². The fraction of sp³-hybridized carbons (Fsp3) is 0.538. The van der Waals surface area contributed by atoms with E-state index in [2.05, 4.69) is 26.2 Å². The fourth-order valence-electron chi connectivity index (χ4n) is 2.21. The van der Waals surface area contributed by atoms with Crippen molar-refractivity contribution in [2.45, 2.75) is 19.1 Å². The Kier molecular flexibility index (Phi) is 5.47. The lowest BCUT2D eigenvalue weighted by molar-refractivity contribution is -0.124. The number of hydrogen-bond donors (Lipinski definition) is 2. The lowest BCUT2D eigenvalue weighted by Crippen LogP contribution is -2.50. The number of morpholine rings is 1. The Morgan fingerprint density at radius 3 is 3.05 bits per heavy atom. The molecular weight excluding hydrogens is 326 g/mol. The molecule has 2 atom stereocenters. The zero-order valence-electron chi connectivity index (χ0n) is 11.3. The predicted octanol–water partition coefficient (Wildman–Crippen LogP) is 0.864. The quantitative estimate of drug-likeness (QED) is 0.848. The highest BCUT2D eigenvalue weighted by molar-refractivity contribution is 9.10. The molecule has 0 aliphatic carbocycles. The maximum atomic E-state index is 12.0. The number of aromatic nitrogens is 1. The molecule has 2 heterocycles. The molecule has 1 amide bonds. The standard InChI is InChI=1S/C13H18BrN3O3/c1-9-5-17(6-11(8-18)20-9)7-13(19)16-12-3-2-10(14)4-15-12/h2-4,9,11,18H,5-8H2,1H3,(H,15,16,19). The van der Waals surface area contributed by atoms with Gasteiger partial charge in [0, 0.05) is 23.8 Å². The summed E-state index contributed by atoms with van der Waals surface area (Å²) in [7, 11) is 0. The molecule has 2 N–H and O–H groups in total. The van der Waals surface area contributed by atoms with Gasteiger partial charge in [-0.25, -0.2) is 4.98 Å². The van der Waals surface area contributed by atoms with Gasteiger partial charge in [-0.2, -0.15) is 0 Å². The Morgan fingerprint density at radius 2 is 2.40 bits per heavy atom. The molecule has 2 rings (SSSR count). The number of halogens is 1. The number of hydrogen-bond acceptors (Lipinski definition) is 5. The van der Waals surface area contributed by atoms with Crippen LogP contribution in [0.3, 0.4) is 0 Å². The SMILES string of the molecule is CC1CN(CC(=O)Nc2ccc(Br)cn2)CC(CO)O1. The fourth-order valence-corrected chi connectivity index (χ4v) is 2.44. The normalized spacial score (nSPS) is 23.6. The number of carbonyl (C=O) groups is 1. The summed E-state index contributed by atoms with van der Waals surface area (Å²) in [6.07, 6.45) is 1.42. The molecule has 6 nitrogen and oxygen atoms in total. The summed E-state index contributed by atoms with van der Waals surface area (Å²) in [6.45, 7) is 3.40. The molecule has 1 aromatic rings. The highest BCUT2D eigenvalue weighted by Crippen LogP contribution is 2.12. The van der Waals surface area contributed by atoms with Crippen LogP contribution in [0.2, 0.25) is 0 Å². The lowest BCUT2D eigenvalue weighted by atomic mass is 10.2. The minimum absolute atomic E-state index is 0.0134. The van der Waals surface area contributed by atoms with Gasteiger partial charge in [-0.15, -0.1) is 0 Å². The minimum atomic E-state index is -0.225. The monoisotopic (exact) mass is 343 g/mol. The second kappa shape index (κ2) is 7.12. The summed E-state index contributed by atoms with van der Waals surface area (Å²) in [6, 6.07) is 3.56. The van der Waals surface area contributed by atoms with Crippen LogP contribution in [-0.4, -0.2) is 59.3 Å². The second-order valence-electron chi connectivity index (χ2n) is 4.86. The zero-order valence-corrected chi connectivity index (χ0v) is 12.8. The van der Waals surface area contributed by atoms with Gasteiger partial charge in [-0.3, -0.25) is 9.69 Å². The average Bonchev–Trinajstić information content (AvgIpc) is 2.40. The Hall–Kier alpha value is -1.02. The van der Waals surface area contributed by atoms with Gasteiger partial charge in [-0.05, 0) is 35.0 Å². The van der Waals surface area contributed by atoms with Gasteiger partial charge in [0.15, 0.2) is 0 Å². The number of rotatable bonds is 4. The number of anilines is 1. The van der Waals surface area contributed by atoms with E-state index in [0.717, 1.165) is 4.47 Å². The smallest absolute Gasteiger partial charge is 0.239 e. The number of pyridine rings is 1. The molecule has 0 aromatic carbocycles. The number of nitrogens with zero attached hydrogens (tertiary/aromatic N) is 2. The third-order valence-corrected chi connectivity index (χ3v) is 3.44. The van der Waals surface area contributed by atoms with Crippen LogP contribution in [0.25, 0.3) is 0 Å². The predicted molar refractivity (Wildman–Crippen MR) is 78.4 cm³/mol. The van der Waals surface area contributed by atoms with E-state index in [1.807, 2.05) is 17.9 Å². The first-order chi connectivity index (χ1) is 9.56. The van der Waals surface area contributed by atoms with Gasteiger partial charge in [0.1, 0.15) is 5.82 Å². The van der Waals surface area contributed by atoms with E-state index in [1.165, 1.54) is 0 Å². The maximum absolute atomic E-state index is 12.0. The van der Waals surface area contributed by atoms with Crippen molar-refractivity contribution in [2.24, 2.45) is 0 Å². The van der Waals surface area contributed by atoms with Gasteiger partial charge >= 0.3 is 0 Å². The van der Waals surface area contributed by atoms with Crippen molar-refractivity contribution in [3.63, 3.8) is 0 Å². The first-order valence-corrected chi connectivity index (χ1v) is 7.26. The van der Waals surface area contributed by atoms with Crippen molar-refractivity contribution in [3.8, 4) is 0 Å². The summed E-state index contributed by atoms with van der Waals surface area (Å²) in [5, 5.41) is 11.9. The summed E-state index contributed by atoms with van der Waals surface area (Å²) >= 11 is 3.29. The van der Waals surface area contributed by atoms with Crippen LogP contribution in [0, 0.1) is 0 Å². The largest absolute Gasteiger partial charge is 0.394 e. The van der Waals surface area contributed by atoms with Crippen LogP contribution < -0.4 is 5.32 Å². The van der Waals surface area contributed by atoms with Crippen molar-refractivity contribution >= 4 is 27.7 Å². The molecule has 110 valence electrons. The summed E-state index contributed by atoms with van der Waals surface area (Å²) in [5.74, 6) is 0.406. The molecule has 1 fully saturated rings. The van der Waals surface area contributed by atoms with Crippen molar-refractivity contribution in [2.75, 3.05) is 31.6 Å². The van der Waals surface area contributed by atoms with Crippen LogP contribution >= 0.6 is 15.9 Å². The van der Waals surface area contributed by atoms with Gasteiger partial charge in [0.25, 0.3) is 0 Å². The maximum Gasteiger partial charge on any atom is 0.239 e. The summed E-state index contributed by atoms with van der Waals surface area (Å²) in [5.41, 5.74) is 0. The number of carbonyl (C=O) groups excluding carboxylic acids is 1. The average molecular weight is 344 g/mol. The molecule has 1 aliphatic heterocycles. The Labute approximate surface area is 126 Å². The molecule has 0 radical (unpaired) electrons. The number of aliphatic hydroxyl groups excluding tert-OH is 1. The summed E-state index contributed by atoms with van der Waals surface area (Å²) in [4.78, 5) is 18.0. The Bertz CT molecular complexity index is 455. The second-order valence-corrected chi connectivity index (χ2v) is 5.77. The third-order valence-electron chi connectivity index (χ3n) is 2.97. The van der Waals surface area contributed by atoms with E-state index >= 15 is 0 Å². The van der Waals surface area contributed by atoms with Crippen LogP contribution in [0.15, 0.2) is 22.8 Å².